The van der Waals surface area contributed by atoms with Gasteiger partial charge in [0.25, 0.3) is 0 Å². The molecule has 1 aromatic heterocycles. The molecule has 0 radical (unpaired) electrons. The highest BCUT2D eigenvalue weighted by Crippen LogP contribution is 2.32. The van der Waals surface area contributed by atoms with Crippen molar-refractivity contribution in [1.82, 2.24) is 9.97 Å². The monoisotopic (exact) mass is 286 g/mol. The Hall–Kier alpha value is -1.05. The van der Waals surface area contributed by atoms with E-state index in [0.717, 1.165) is 0 Å². The number of nitrogens with zero attached hydrogens (tertiary/aromatic N) is 1. The van der Waals surface area contributed by atoms with Crippen molar-refractivity contribution in [2.45, 2.75) is 13.1 Å². The number of carbonyl (C=O) groups is 1. The second-order valence-corrected chi connectivity index (χ2v) is 3.22. The number of ether oxygens (including phenoxy) is 1. The van der Waals surface area contributed by atoms with E-state index in [1.807, 2.05) is 4.98 Å². The summed E-state index contributed by atoms with van der Waals surface area (Å²) in [5.74, 6) is -1.40. The third-order valence-corrected chi connectivity index (χ3v) is 1.99. The Bertz CT molecular complexity index is 375. The number of aromatic nitrogens is 2. The second kappa shape index (κ2) is 4.21. The van der Waals surface area contributed by atoms with Gasteiger partial charge < -0.3 is 9.72 Å². The van der Waals surface area contributed by atoms with E-state index in [0.29, 0.717) is 0 Å². The Labute approximate surface area is 91.0 Å². The van der Waals surface area contributed by atoms with Crippen LogP contribution in [0.3, 0.4) is 0 Å². The maximum absolute atomic E-state index is 12.3. The molecular formula is C7H6BrF3N2O2. The standard InChI is InChI=1S/C7H6BrF3N2O2/c1-2-15-6(14)5-12-3(4(8)13-5)7(9,10)11/h2H2,1H3,(H,12,13). The summed E-state index contributed by atoms with van der Waals surface area (Å²) in [7, 11) is 0. The van der Waals surface area contributed by atoms with Gasteiger partial charge >= 0.3 is 12.1 Å². The molecule has 84 valence electrons. The van der Waals surface area contributed by atoms with Crippen LogP contribution in [0, 0.1) is 0 Å². The number of esters is 1. The topological polar surface area (TPSA) is 55.0 Å². The van der Waals surface area contributed by atoms with Gasteiger partial charge in [0.2, 0.25) is 5.82 Å². The van der Waals surface area contributed by atoms with Crippen molar-refractivity contribution in [2.75, 3.05) is 6.61 Å². The quantitative estimate of drug-likeness (QED) is 0.849. The molecule has 15 heavy (non-hydrogen) atoms. The number of hydrogen-bond donors (Lipinski definition) is 1. The van der Waals surface area contributed by atoms with Crippen LogP contribution in [0.2, 0.25) is 0 Å². The number of nitrogens with one attached hydrogen (secondary N) is 1. The first-order valence-corrected chi connectivity index (χ1v) is 4.65. The lowest BCUT2D eigenvalue weighted by molar-refractivity contribution is -0.141. The normalized spacial score (nSPS) is 11.5. The van der Waals surface area contributed by atoms with Crippen molar-refractivity contribution in [3.63, 3.8) is 0 Å². The fourth-order valence-corrected chi connectivity index (χ4v) is 1.34. The average Bonchev–Trinajstić information content (AvgIpc) is 2.47. The van der Waals surface area contributed by atoms with Crippen LogP contribution in [0.5, 0.6) is 0 Å². The summed E-state index contributed by atoms with van der Waals surface area (Å²) >= 11 is 2.60. The number of halogens is 4. The fraction of sp³-hybridized carbons (Fsp3) is 0.429. The molecule has 0 aliphatic heterocycles. The molecule has 0 atom stereocenters. The molecule has 0 saturated carbocycles. The molecule has 1 rings (SSSR count). The fourth-order valence-electron chi connectivity index (χ4n) is 0.836. The number of imidazole rings is 1. The molecule has 0 aromatic carbocycles. The molecule has 0 aliphatic rings. The minimum absolute atomic E-state index is 0.0680. The zero-order valence-corrected chi connectivity index (χ0v) is 9.07. The Balaban J connectivity index is 3.01. The third-order valence-electron chi connectivity index (χ3n) is 1.41. The lowest BCUT2D eigenvalue weighted by Crippen LogP contribution is -2.09. The summed E-state index contributed by atoms with van der Waals surface area (Å²) in [5.41, 5.74) is -1.11. The molecule has 0 bridgehead atoms. The van der Waals surface area contributed by atoms with Crippen molar-refractivity contribution >= 4 is 21.9 Å². The number of hydrogen-bond acceptors (Lipinski definition) is 3. The molecule has 0 aliphatic carbocycles. The summed E-state index contributed by atoms with van der Waals surface area (Å²) < 4.78 is 40.8. The maximum Gasteiger partial charge on any atom is 0.433 e. The van der Waals surface area contributed by atoms with Crippen LogP contribution in [0.25, 0.3) is 0 Å². The Morgan fingerprint density at radius 2 is 2.20 bits per heavy atom. The highest BCUT2D eigenvalue weighted by molar-refractivity contribution is 9.10. The molecule has 0 amide bonds. The molecule has 1 aromatic rings. The smallest absolute Gasteiger partial charge is 0.433 e. The predicted octanol–water partition coefficient (Wildman–Crippen LogP) is 2.37. The second-order valence-electron chi connectivity index (χ2n) is 2.47. The van der Waals surface area contributed by atoms with Gasteiger partial charge in [0.05, 0.1) is 6.61 Å². The van der Waals surface area contributed by atoms with Crippen molar-refractivity contribution < 1.29 is 22.7 Å². The van der Waals surface area contributed by atoms with Crippen LogP contribution >= 0.6 is 15.9 Å². The number of carbonyl (C=O) groups excluding carboxylic acids is 1. The van der Waals surface area contributed by atoms with Gasteiger partial charge in [0, 0.05) is 0 Å². The molecule has 4 nitrogen and oxygen atoms in total. The minimum atomic E-state index is -4.59. The van der Waals surface area contributed by atoms with Crippen LogP contribution in [-0.2, 0) is 10.9 Å². The molecule has 1 heterocycles. The van der Waals surface area contributed by atoms with Crippen LogP contribution < -0.4 is 0 Å². The van der Waals surface area contributed by atoms with E-state index in [-0.39, 0.29) is 6.61 Å². The van der Waals surface area contributed by atoms with Gasteiger partial charge in [-0.2, -0.15) is 13.2 Å². The van der Waals surface area contributed by atoms with Gasteiger partial charge in [-0.3, -0.25) is 0 Å². The Morgan fingerprint density at radius 1 is 1.60 bits per heavy atom. The molecular weight excluding hydrogens is 281 g/mol. The van der Waals surface area contributed by atoms with Crippen molar-refractivity contribution in [3.05, 3.63) is 16.1 Å². The molecule has 0 saturated heterocycles. The molecule has 0 fully saturated rings. The van der Waals surface area contributed by atoms with Crippen LogP contribution in [0.1, 0.15) is 23.2 Å². The number of rotatable bonds is 2. The van der Waals surface area contributed by atoms with E-state index in [2.05, 4.69) is 25.7 Å². The zero-order valence-electron chi connectivity index (χ0n) is 7.48. The first-order chi connectivity index (χ1) is 6.86. The highest BCUT2D eigenvalue weighted by Gasteiger charge is 2.37. The van der Waals surface area contributed by atoms with Crippen molar-refractivity contribution in [3.8, 4) is 0 Å². The highest BCUT2D eigenvalue weighted by atomic mass is 79.9. The summed E-state index contributed by atoms with van der Waals surface area (Å²) in [4.78, 5) is 16.2. The molecule has 0 unspecified atom stereocenters. The van der Waals surface area contributed by atoms with E-state index >= 15 is 0 Å². The van der Waals surface area contributed by atoms with Crippen LogP contribution in [0.15, 0.2) is 4.60 Å². The first-order valence-electron chi connectivity index (χ1n) is 3.86. The molecule has 1 N–H and O–H groups in total. The van der Waals surface area contributed by atoms with E-state index in [1.165, 1.54) is 0 Å². The van der Waals surface area contributed by atoms with Crippen molar-refractivity contribution in [2.24, 2.45) is 0 Å². The first kappa shape index (κ1) is 12.0. The summed E-state index contributed by atoms with van der Waals surface area (Å²) in [6.45, 7) is 1.61. The SMILES string of the molecule is CCOC(=O)c1nc(Br)c(C(F)(F)F)[nH]1. The van der Waals surface area contributed by atoms with Crippen LogP contribution in [-0.4, -0.2) is 22.5 Å². The zero-order chi connectivity index (χ0) is 11.6. The van der Waals surface area contributed by atoms with Crippen molar-refractivity contribution in [1.29, 1.82) is 0 Å². The summed E-state index contributed by atoms with van der Waals surface area (Å²) in [6, 6.07) is 0. The summed E-state index contributed by atoms with van der Waals surface area (Å²) in [6.07, 6.45) is -4.59. The molecule has 8 heteroatoms. The number of aromatic amines is 1. The Kier molecular flexibility index (Phi) is 3.38. The van der Waals surface area contributed by atoms with E-state index in [4.69, 9.17) is 0 Å². The van der Waals surface area contributed by atoms with E-state index in [1.54, 1.807) is 6.92 Å². The largest absolute Gasteiger partial charge is 0.460 e. The summed E-state index contributed by atoms with van der Waals surface area (Å²) in [5, 5.41) is 0. The van der Waals surface area contributed by atoms with Gasteiger partial charge in [-0.15, -0.1) is 0 Å². The van der Waals surface area contributed by atoms with Gasteiger partial charge in [-0.05, 0) is 22.9 Å². The van der Waals surface area contributed by atoms with Gasteiger partial charge in [-0.25, -0.2) is 9.78 Å². The average molecular weight is 287 g/mol. The van der Waals surface area contributed by atoms with E-state index < -0.39 is 28.3 Å². The van der Waals surface area contributed by atoms with Gasteiger partial charge in [-0.1, -0.05) is 0 Å². The van der Waals surface area contributed by atoms with Gasteiger partial charge in [0.1, 0.15) is 4.60 Å². The third kappa shape index (κ3) is 2.71. The lowest BCUT2D eigenvalue weighted by atomic mass is 10.5. The van der Waals surface area contributed by atoms with E-state index in [9.17, 15) is 18.0 Å². The Morgan fingerprint density at radius 3 is 2.60 bits per heavy atom. The van der Waals surface area contributed by atoms with Crippen LogP contribution in [0.4, 0.5) is 13.2 Å². The maximum atomic E-state index is 12.3. The molecule has 0 spiro atoms. The number of alkyl halides is 3. The minimum Gasteiger partial charge on any atom is -0.460 e. The van der Waals surface area contributed by atoms with Gasteiger partial charge in [0.15, 0.2) is 5.69 Å². The predicted molar refractivity (Wildman–Crippen MR) is 47.2 cm³/mol. The number of H-pyrrole nitrogens is 1. The lowest BCUT2D eigenvalue weighted by Gasteiger charge is -2.02.